The number of benzene rings is 1. The van der Waals surface area contributed by atoms with Gasteiger partial charge in [0.2, 0.25) is 0 Å². The average Bonchev–Trinajstić information content (AvgIpc) is 3.17. The highest BCUT2D eigenvalue weighted by atomic mass is 32.2. The lowest BCUT2D eigenvalue weighted by Crippen LogP contribution is -2.46. The molecule has 1 aromatic carbocycles. The van der Waals surface area contributed by atoms with Crippen LogP contribution in [0.25, 0.3) is 12.2 Å². The van der Waals surface area contributed by atoms with Gasteiger partial charge in [0.1, 0.15) is 10.7 Å². The number of furan rings is 1. The van der Waals surface area contributed by atoms with Crippen molar-refractivity contribution in [3.63, 3.8) is 0 Å². The minimum Gasteiger partial charge on any atom is -0.472 e. The molecule has 0 aliphatic heterocycles. The van der Waals surface area contributed by atoms with E-state index in [9.17, 15) is 9.59 Å². The topological polar surface area (TPSA) is 82.1 Å². The van der Waals surface area contributed by atoms with Crippen LogP contribution in [0.5, 0.6) is 0 Å². The molecule has 0 spiro atoms. The van der Waals surface area contributed by atoms with Crippen molar-refractivity contribution >= 4 is 23.9 Å². The standard InChI is InChI=1S/C21H23N3O3S/c1-24(2)8-10-28-14-16-5-3-15(4-6-16)11-18-20(25)23-19(21(26)22-18)12-17-7-9-27-13-17/h3-7,9,11-13H,8,10,14H2,1-2H3,(H,22,26)(H,23,25). The predicted molar refractivity (Wildman–Crippen MR) is 114 cm³/mol. The van der Waals surface area contributed by atoms with E-state index in [2.05, 4.69) is 29.0 Å². The van der Waals surface area contributed by atoms with E-state index in [1.807, 2.05) is 36.0 Å². The number of aromatic nitrogens is 2. The summed E-state index contributed by atoms with van der Waals surface area (Å²) in [5.74, 6) is 2.03. The van der Waals surface area contributed by atoms with Crippen molar-refractivity contribution in [1.82, 2.24) is 14.9 Å². The molecule has 7 heteroatoms. The number of hydrogen-bond acceptors (Lipinski definition) is 5. The van der Waals surface area contributed by atoms with Gasteiger partial charge in [0.05, 0.1) is 12.5 Å². The number of rotatable bonds is 7. The lowest BCUT2D eigenvalue weighted by molar-refractivity contribution is 0.437. The zero-order valence-electron chi connectivity index (χ0n) is 15.9. The van der Waals surface area contributed by atoms with E-state index in [4.69, 9.17) is 4.42 Å². The van der Waals surface area contributed by atoms with Crippen LogP contribution in [0.2, 0.25) is 0 Å². The molecule has 0 unspecified atom stereocenters. The largest absolute Gasteiger partial charge is 0.472 e. The summed E-state index contributed by atoms with van der Waals surface area (Å²) in [6.45, 7) is 1.06. The number of thioether (sulfide) groups is 1. The normalized spacial score (nSPS) is 12.8. The van der Waals surface area contributed by atoms with Crippen molar-refractivity contribution in [2.24, 2.45) is 0 Å². The number of nitrogens with one attached hydrogen (secondary N) is 2. The molecule has 2 heterocycles. The highest BCUT2D eigenvalue weighted by molar-refractivity contribution is 7.98. The minimum atomic E-state index is -0.360. The van der Waals surface area contributed by atoms with Gasteiger partial charge in [-0.15, -0.1) is 0 Å². The van der Waals surface area contributed by atoms with Crippen molar-refractivity contribution in [2.45, 2.75) is 5.75 Å². The van der Waals surface area contributed by atoms with Crippen molar-refractivity contribution in [3.8, 4) is 0 Å². The van der Waals surface area contributed by atoms with Gasteiger partial charge in [-0.25, -0.2) is 0 Å². The molecule has 2 aromatic heterocycles. The van der Waals surface area contributed by atoms with Gasteiger partial charge in [-0.3, -0.25) is 9.59 Å². The average molecular weight is 398 g/mol. The highest BCUT2D eigenvalue weighted by Gasteiger charge is 1.99. The molecule has 3 aromatic rings. The Kier molecular flexibility index (Phi) is 6.73. The second kappa shape index (κ2) is 9.43. The van der Waals surface area contributed by atoms with Crippen LogP contribution >= 0.6 is 11.8 Å². The Morgan fingerprint density at radius 2 is 1.61 bits per heavy atom. The molecule has 3 rings (SSSR count). The van der Waals surface area contributed by atoms with Gasteiger partial charge in [-0.05, 0) is 43.4 Å². The monoisotopic (exact) mass is 397 g/mol. The van der Waals surface area contributed by atoms with Crippen molar-refractivity contribution in [2.75, 3.05) is 26.4 Å². The molecule has 0 atom stereocenters. The third-order valence-corrected chi connectivity index (χ3v) is 5.09. The van der Waals surface area contributed by atoms with Crippen LogP contribution in [0.15, 0.2) is 56.9 Å². The van der Waals surface area contributed by atoms with Crippen LogP contribution in [-0.2, 0) is 5.75 Å². The van der Waals surface area contributed by atoms with Crippen LogP contribution in [0.4, 0.5) is 0 Å². The molecule has 28 heavy (non-hydrogen) atoms. The summed E-state index contributed by atoms with van der Waals surface area (Å²) < 4.78 is 4.97. The Bertz CT molecular complexity index is 1130. The molecule has 0 saturated heterocycles. The van der Waals surface area contributed by atoms with Gasteiger partial charge in [0.15, 0.2) is 0 Å². The summed E-state index contributed by atoms with van der Waals surface area (Å²) >= 11 is 1.89. The quantitative estimate of drug-likeness (QED) is 0.584. The van der Waals surface area contributed by atoms with Crippen LogP contribution in [0, 0.1) is 0 Å². The van der Waals surface area contributed by atoms with Gasteiger partial charge >= 0.3 is 0 Å². The molecule has 2 N–H and O–H groups in total. The van der Waals surface area contributed by atoms with E-state index >= 15 is 0 Å². The van der Waals surface area contributed by atoms with Crippen LogP contribution in [0.3, 0.4) is 0 Å². The summed E-state index contributed by atoms with van der Waals surface area (Å²) in [4.78, 5) is 32.0. The van der Waals surface area contributed by atoms with Gasteiger partial charge in [-0.2, -0.15) is 11.8 Å². The Labute approximate surface area is 166 Å². The second-order valence-corrected chi connectivity index (χ2v) is 7.78. The maximum Gasteiger partial charge on any atom is 0.272 e. The smallest absolute Gasteiger partial charge is 0.272 e. The summed E-state index contributed by atoms with van der Waals surface area (Å²) in [6, 6.07) is 9.69. The molecule has 0 fully saturated rings. The van der Waals surface area contributed by atoms with Crippen LogP contribution in [0.1, 0.15) is 16.7 Å². The fourth-order valence-corrected chi connectivity index (χ4v) is 3.60. The first kappa shape index (κ1) is 20.0. The van der Waals surface area contributed by atoms with Gasteiger partial charge in [0, 0.05) is 23.6 Å². The predicted octanol–water partition coefficient (Wildman–Crippen LogP) is 1.11. The number of hydrogen-bond donors (Lipinski definition) is 2. The van der Waals surface area contributed by atoms with E-state index in [0.717, 1.165) is 23.6 Å². The van der Waals surface area contributed by atoms with E-state index in [1.165, 1.54) is 18.1 Å². The SMILES string of the molecule is CN(C)CCSCc1ccc(C=c2[nH]c(=O)c(=Cc3ccoc3)[nH]c2=O)cc1. The van der Waals surface area contributed by atoms with E-state index in [1.54, 1.807) is 18.2 Å². The molecule has 146 valence electrons. The van der Waals surface area contributed by atoms with Crippen molar-refractivity contribution in [1.29, 1.82) is 0 Å². The van der Waals surface area contributed by atoms with Gasteiger partial charge in [-0.1, -0.05) is 24.3 Å². The summed E-state index contributed by atoms with van der Waals surface area (Å²) in [5.41, 5.74) is 2.08. The Balaban J connectivity index is 1.77. The Morgan fingerprint density at radius 3 is 2.18 bits per heavy atom. The maximum atomic E-state index is 12.3. The second-order valence-electron chi connectivity index (χ2n) is 6.68. The Hall–Kier alpha value is -2.77. The third-order valence-electron chi connectivity index (χ3n) is 4.08. The van der Waals surface area contributed by atoms with Crippen molar-refractivity contribution in [3.05, 3.63) is 91.0 Å². The highest BCUT2D eigenvalue weighted by Crippen LogP contribution is 2.13. The van der Waals surface area contributed by atoms with E-state index in [-0.39, 0.29) is 21.8 Å². The first-order valence-electron chi connectivity index (χ1n) is 8.91. The molecule has 0 radical (unpaired) electrons. The lowest BCUT2D eigenvalue weighted by atomic mass is 10.1. The fourth-order valence-electron chi connectivity index (χ4n) is 2.53. The molecular weight excluding hydrogens is 374 g/mol. The molecule has 0 bridgehead atoms. The summed E-state index contributed by atoms with van der Waals surface area (Å²) in [5, 5.41) is 0.413. The van der Waals surface area contributed by atoms with E-state index in [0.29, 0.717) is 5.56 Å². The molecule has 0 aliphatic carbocycles. The maximum absolute atomic E-state index is 12.3. The van der Waals surface area contributed by atoms with Crippen LogP contribution < -0.4 is 21.8 Å². The number of aromatic amines is 2. The van der Waals surface area contributed by atoms with Crippen LogP contribution in [-0.4, -0.2) is 41.3 Å². The van der Waals surface area contributed by atoms with Gasteiger partial charge < -0.3 is 19.3 Å². The first-order valence-corrected chi connectivity index (χ1v) is 10.1. The summed E-state index contributed by atoms with van der Waals surface area (Å²) in [7, 11) is 4.14. The third kappa shape index (κ3) is 5.61. The fraction of sp³-hybridized carbons (Fsp3) is 0.238. The summed E-state index contributed by atoms with van der Waals surface area (Å²) in [6.07, 6.45) is 6.24. The molecule has 6 nitrogen and oxygen atoms in total. The minimum absolute atomic E-state index is 0.189. The zero-order chi connectivity index (χ0) is 19.9. The molecule has 0 aliphatic rings. The number of nitrogens with zero attached hydrogens (tertiary/aromatic N) is 1. The molecule has 0 amide bonds. The number of H-pyrrole nitrogens is 2. The molecule has 0 saturated carbocycles. The Morgan fingerprint density at radius 1 is 0.964 bits per heavy atom. The van der Waals surface area contributed by atoms with Gasteiger partial charge in [0.25, 0.3) is 11.1 Å². The van der Waals surface area contributed by atoms with Crippen molar-refractivity contribution < 1.29 is 4.42 Å². The van der Waals surface area contributed by atoms with E-state index < -0.39 is 0 Å². The first-order chi connectivity index (χ1) is 13.5. The zero-order valence-corrected chi connectivity index (χ0v) is 16.7. The molecular formula is C21H23N3O3S. The lowest BCUT2D eigenvalue weighted by Gasteiger charge is -2.08.